The van der Waals surface area contributed by atoms with Crippen LogP contribution in [0.3, 0.4) is 0 Å². The number of carbonyl (C=O) groups is 1. The fraction of sp³-hybridized carbons (Fsp3) is 0.615. The third kappa shape index (κ3) is 3.20. The predicted octanol–water partition coefficient (Wildman–Crippen LogP) is 2.08. The van der Waals surface area contributed by atoms with Crippen molar-refractivity contribution < 1.29 is 9.72 Å². The minimum Gasteiger partial charge on any atom is -0.353 e. The molecule has 2 heterocycles. The number of H-pyrrole nitrogens is 1. The number of nitrogens with one attached hydrogen (secondary N) is 1. The first-order valence-corrected chi connectivity index (χ1v) is 6.55. The highest BCUT2D eigenvalue weighted by Crippen LogP contribution is 2.22. The maximum Gasteiger partial charge on any atom is 0.287 e. The second kappa shape index (κ2) is 5.52. The first-order chi connectivity index (χ1) is 8.97. The van der Waals surface area contributed by atoms with Crippen LogP contribution in [0.2, 0.25) is 0 Å². The van der Waals surface area contributed by atoms with Gasteiger partial charge < -0.3 is 4.98 Å². The summed E-state index contributed by atoms with van der Waals surface area (Å²) < 4.78 is 0. The largest absolute Gasteiger partial charge is 0.353 e. The van der Waals surface area contributed by atoms with Crippen LogP contribution in [0.25, 0.3) is 0 Å². The highest BCUT2D eigenvalue weighted by Gasteiger charge is 2.25. The SMILES string of the molecule is CC1CCN(CC(=O)c2cc([N+](=O)[O-])c[nH]2)CC1C. The zero-order valence-electron chi connectivity index (χ0n) is 11.3. The van der Waals surface area contributed by atoms with Crippen LogP contribution in [-0.4, -0.2) is 40.2 Å². The molecule has 2 atom stereocenters. The van der Waals surface area contributed by atoms with Gasteiger partial charge >= 0.3 is 0 Å². The van der Waals surface area contributed by atoms with Gasteiger partial charge in [-0.15, -0.1) is 0 Å². The molecule has 1 aromatic heterocycles. The molecule has 6 heteroatoms. The van der Waals surface area contributed by atoms with Crippen LogP contribution in [0.15, 0.2) is 12.3 Å². The van der Waals surface area contributed by atoms with Gasteiger partial charge in [-0.2, -0.15) is 0 Å². The molecule has 19 heavy (non-hydrogen) atoms. The smallest absolute Gasteiger partial charge is 0.287 e. The van der Waals surface area contributed by atoms with Crippen LogP contribution in [0, 0.1) is 22.0 Å². The Labute approximate surface area is 111 Å². The summed E-state index contributed by atoms with van der Waals surface area (Å²) in [5.41, 5.74) is 0.252. The van der Waals surface area contributed by atoms with Crippen LogP contribution in [0.4, 0.5) is 5.69 Å². The summed E-state index contributed by atoms with van der Waals surface area (Å²) in [6.07, 6.45) is 2.35. The molecular weight excluding hydrogens is 246 g/mol. The predicted molar refractivity (Wildman–Crippen MR) is 71.2 cm³/mol. The molecule has 1 aliphatic heterocycles. The summed E-state index contributed by atoms with van der Waals surface area (Å²) in [6.45, 7) is 6.59. The van der Waals surface area contributed by atoms with Gasteiger partial charge in [-0.3, -0.25) is 19.8 Å². The average molecular weight is 265 g/mol. The topological polar surface area (TPSA) is 79.2 Å². The number of likely N-dealkylation sites (tertiary alicyclic amines) is 1. The molecule has 0 spiro atoms. The van der Waals surface area contributed by atoms with E-state index in [1.54, 1.807) is 0 Å². The number of aromatic amines is 1. The summed E-state index contributed by atoms with van der Waals surface area (Å²) >= 11 is 0. The molecule has 1 saturated heterocycles. The molecule has 6 nitrogen and oxygen atoms in total. The zero-order valence-corrected chi connectivity index (χ0v) is 11.3. The van der Waals surface area contributed by atoms with E-state index in [2.05, 4.69) is 23.7 Å². The van der Waals surface area contributed by atoms with Gasteiger partial charge in [0, 0.05) is 12.6 Å². The molecule has 1 N–H and O–H groups in total. The molecule has 0 saturated carbocycles. The van der Waals surface area contributed by atoms with Crippen LogP contribution in [0.5, 0.6) is 0 Å². The van der Waals surface area contributed by atoms with E-state index in [0.29, 0.717) is 24.1 Å². The molecule has 1 aromatic rings. The maximum absolute atomic E-state index is 12.0. The Morgan fingerprint density at radius 2 is 2.26 bits per heavy atom. The minimum absolute atomic E-state index is 0.0658. The normalized spacial score (nSPS) is 24.3. The molecule has 0 bridgehead atoms. The van der Waals surface area contributed by atoms with Gasteiger partial charge in [-0.05, 0) is 24.8 Å². The van der Waals surface area contributed by atoms with Crippen molar-refractivity contribution in [3.63, 3.8) is 0 Å². The van der Waals surface area contributed by atoms with Gasteiger partial charge in [0.1, 0.15) is 0 Å². The molecule has 0 radical (unpaired) electrons. The van der Waals surface area contributed by atoms with Gasteiger partial charge in [-0.25, -0.2) is 0 Å². The number of hydrogen-bond donors (Lipinski definition) is 1. The van der Waals surface area contributed by atoms with Gasteiger partial charge in [-0.1, -0.05) is 13.8 Å². The standard InChI is InChI=1S/C13H19N3O3/c1-9-3-4-15(7-10(9)2)8-13(17)12-5-11(6-14-12)16(18)19/h5-6,9-10,14H,3-4,7-8H2,1-2H3. The maximum atomic E-state index is 12.0. The van der Waals surface area contributed by atoms with Crippen molar-refractivity contribution in [2.75, 3.05) is 19.6 Å². The van der Waals surface area contributed by atoms with Gasteiger partial charge in [0.15, 0.2) is 5.78 Å². The number of nitro groups is 1. The summed E-state index contributed by atoms with van der Waals surface area (Å²) in [5, 5.41) is 10.6. The van der Waals surface area contributed by atoms with Crippen molar-refractivity contribution in [2.24, 2.45) is 11.8 Å². The number of nitrogens with zero attached hydrogens (tertiary/aromatic N) is 2. The van der Waals surface area contributed by atoms with Crippen LogP contribution >= 0.6 is 0 Å². The third-order valence-corrected chi connectivity index (χ3v) is 3.96. The Hall–Kier alpha value is -1.69. The number of ketones is 1. The van der Waals surface area contributed by atoms with E-state index >= 15 is 0 Å². The second-order valence-electron chi connectivity index (χ2n) is 5.43. The molecule has 0 aliphatic carbocycles. The second-order valence-corrected chi connectivity index (χ2v) is 5.43. The van der Waals surface area contributed by atoms with Crippen molar-refractivity contribution in [1.82, 2.24) is 9.88 Å². The lowest BCUT2D eigenvalue weighted by Crippen LogP contribution is -2.41. The fourth-order valence-electron chi connectivity index (χ4n) is 2.43. The highest BCUT2D eigenvalue weighted by atomic mass is 16.6. The number of aromatic nitrogens is 1. The molecule has 0 amide bonds. The lowest BCUT2D eigenvalue weighted by atomic mass is 9.88. The summed E-state index contributed by atoms with van der Waals surface area (Å²) in [4.78, 5) is 26.9. The van der Waals surface area contributed by atoms with Crippen molar-refractivity contribution >= 4 is 11.5 Å². The zero-order chi connectivity index (χ0) is 14.0. The summed E-state index contributed by atoms with van der Waals surface area (Å²) in [6, 6.07) is 1.30. The van der Waals surface area contributed by atoms with E-state index in [1.807, 2.05) is 0 Å². The van der Waals surface area contributed by atoms with Gasteiger partial charge in [0.2, 0.25) is 0 Å². The Kier molecular flexibility index (Phi) is 3.99. The fourth-order valence-corrected chi connectivity index (χ4v) is 2.43. The van der Waals surface area contributed by atoms with E-state index in [9.17, 15) is 14.9 Å². The van der Waals surface area contributed by atoms with E-state index in [1.165, 1.54) is 12.3 Å². The van der Waals surface area contributed by atoms with Crippen molar-refractivity contribution in [3.8, 4) is 0 Å². The molecule has 2 unspecified atom stereocenters. The van der Waals surface area contributed by atoms with E-state index < -0.39 is 4.92 Å². The Balaban J connectivity index is 1.95. The molecular formula is C13H19N3O3. The van der Waals surface area contributed by atoms with Crippen molar-refractivity contribution in [2.45, 2.75) is 20.3 Å². The quantitative estimate of drug-likeness (QED) is 0.513. The van der Waals surface area contributed by atoms with Crippen LogP contribution < -0.4 is 0 Å². The number of carbonyl (C=O) groups excluding carboxylic acids is 1. The minimum atomic E-state index is -0.502. The van der Waals surface area contributed by atoms with E-state index in [4.69, 9.17) is 0 Å². The monoisotopic (exact) mass is 265 g/mol. The third-order valence-electron chi connectivity index (χ3n) is 3.96. The number of piperidine rings is 1. The Bertz CT molecular complexity index is 483. The lowest BCUT2D eigenvalue weighted by Gasteiger charge is -2.34. The summed E-state index contributed by atoms with van der Waals surface area (Å²) in [5.74, 6) is 1.19. The van der Waals surface area contributed by atoms with E-state index in [-0.39, 0.29) is 11.5 Å². The average Bonchev–Trinajstić information content (AvgIpc) is 2.83. The number of Topliss-reactive ketones (excluding diaryl/α,β-unsaturated/α-hetero) is 1. The molecule has 1 fully saturated rings. The number of rotatable bonds is 4. The number of hydrogen-bond acceptors (Lipinski definition) is 4. The van der Waals surface area contributed by atoms with Crippen molar-refractivity contribution in [3.05, 3.63) is 28.1 Å². The highest BCUT2D eigenvalue weighted by molar-refractivity contribution is 5.96. The first-order valence-electron chi connectivity index (χ1n) is 6.55. The molecule has 2 rings (SSSR count). The first kappa shape index (κ1) is 13.7. The summed E-state index contributed by atoms with van der Waals surface area (Å²) in [7, 11) is 0. The molecule has 1 aliphatic rings. The van der Waals surface area contributed by atoms with Crippen molar-refractivity contribution in [1.29, 1.82) is 0 Å². The van der Waals surface area contributed by atoms with Crippen LogP contribution in [-0.2, 0) is 0 Å². The van der Waals surface area contributed by atoms with Gasteiger partial charge in [0.05, 0.1) is 23.4 Å². The Morgan fingerprint density at radius 3 is 2.84 bits per heavy atom. The molecule has 104 valence electrons. The van der Waals surface area contributed by atoms with E-state index in [0.717, 1.165) is 19.5 Å². The molecule has 0 aromatic carbocycles. The lowest BCUT2D eigenvalue weighted by molar-refractivity contribution is -0.384. The van der Waals surface area contributed by atoms with Crippen LogP contribution in [0.1, 0.15) is 30.8 Å². The Morgan fingerprint density at radius 1 is 1.53 bits per heavy atom. The van der Waals surface area contributed by atoms with Gasteiger partial charge in [0.25, 0.3) is 5.69 Å².